The van der Waals surface area contributed by atoms with Gasteiger partial charge in [0.05, 0.1) is 28.2 Å². The Morgan fingerprint density at radius 3 is 2.68 bits per heavy atom. The van der Waals surface area contributed by atoms with Crippen molar-refractivity contribution in [2.75, 3.05) is 25.5 Å². The number of carbonyl (C=O) groups is 1. The Bertz CT molecular complexity index is 907. The standard InChI is InChI=1S/C16H20N4O3S2/c1-10-14-12(8-9-19(14)25(22,23)18(2)3)20(15(10)21)16-17-11-6-4-5-7-13(11)24-16/h4-7,10,12,14H,8-9H2,1-3H3/t10-,12-,14+/m0/s1. The number of thiazole rings is 1. The molecule has 2 saturated heterocycles. The van der Waals surface area contributed by atoms with Crippen molar-refractivity contribution in [3.05, 3.63) is 24.3 Å². The molecule has 1 amide bonds. The van der Waals surface area contributed by atoms with Crippen LogP contribution in [0, 0.1) is 5.92 Å². The summed E-state index contributed by atoms with van der Waals surface area (Å²) in [5.41, 5.74) is 0.863. The normalized spacial score (nSPS) is 27.6. The van der Waals surface area contributed by atoms with E-state index >= 15 is 0 Å². The van der Waals surface area contributed by atoms with Gasteiger partial charge in [0.15, 0.2) is 5.13 Å². The van der Waals surface area contributed by atoms with Crippen LogP contribution in [0.3, 0.4) is 0 Å². The van der Waals surface area contributed by atoms with E-state index in [4.69, 9.17) is 0 Å². The van der Waals surface area contributed by atoms with Crippen molar-refractivity contribution in [3.8, 4) is 0 Å². The van der Waals surface area contributed by atoms with Gasteiger partial charge in [-0.2, -0.15) is 17.0 Å². The molecule has 1 aromatic heterocycles. The second kappa shape index (κ2) is 5.73. The molecular formula is C16H20N4O3S2. The topological polar surface area (TPSA) is 73.8 Å². The van der Waals surface area contributed by atoms with E-state index in [1.807, 2.05) is 31.2 Å². The number of carbonyl (C=O) groups excluding carboxylic acids is 1. The van der Waals surface area contributed by atoms with Crippen LogP contribution in [-0.2, 0) is 15.0 Å². The van der Waals surface area contributed by atoms with E-state index in [0.29, 0.717) is 18.1 Å². The van der Waals surface area contributed by atoms with E-state index in [9.17, 15) is 13.2 Å². The molecule has 1 aromatic carbocycles. The fourth-order valence-electron chi connectivity index (χ4n) is 3.84. The minimum Gasteiger partial charge on any atom is -0.283 e. The van der Waals surface area contributed by atoms with Gasteiger partial charge in [-0.1, -0.05) is 30.4 Å². The van der Waals surface area contributed by atoms with Crippen molar-refractivity contribution in [2.24, 2.45) is 5.92 Å². The fraction of sp³-hybridized carbons (Fsp3) is 0.500. The van der Waals surface area contributed by atoms with Crippen LogP contribution in [0.5, 0.6) is 0 Å². The van der Waals surface area contributed by atoms with Gasteiger partial charge >= 0.3 is 0 Å². The van der Waals surface area contributed by atoms with Gasteiger partial charge < -0.3 is 0 Å². The van der Waals surface area contributed by atoms with Gasteiger partial charge in [0.1, 0.15) is 0 Å². The number of rotatable bonds is 3. The molecule has 2 aliphatic heterocycles. The molecule has 2 aromatic rings. The number of anilines is 1. The van der Waals surface area contributed by atoms with Crippen LogP contribution in [0.4, 0.5) is 5.13 Å². The molecule has 2 aliphatic rings. The Morgan fingerprint density at radius 2 is 2.00 bits per heavy atom. The summed E-state index contributed by atoms with van der Waals surface area (Å²) in [5, 5.41) is 0.662. The molecule has 2 fully saturated rings. The summed E-state index contributed by atoms with van der Waals surface area (Å²) in [6, 6.07) is 7.28. The molecule has 0 aliphatic carbocycles. The monoisotopic (exact) mass is 380 g/mol. The van der Waals surface area contributed by atoms with Crippen LogP contribution >= 0.6 is 11.3 Å². The number of fused-ring (bicyclic) bond motifs is 2. The van der Waals surface area contributed by atoms with Crippen molar-refractivity contribution in [3.63, 3.8) is 0 Å². The highest BCUT2D eigenvalue weighted by atomic mass is 32.2. The van der Waals surface area contributed by atoms with Gasteiger partial charge in [-0.3, -0.25) is 9.69 Å². The highest BCUT2D eigenvalue weighted by molar-refractivity contribution is 7.86. The van der Waals surface area contributed by atoms with Crippen LogP contribution in [0.2, 0.25) is 0 Å². The van der Waals surface area contributed by atoms with E-state index in [1.54, 1.807) is 4.90 Å². The smallest absolute Gasteiger partial charge is 0.281 e. The first-order valence-electron chi connectivity index (χ1n) is 8.20. The molecule has 4 rings (SSSR count). The Balaban J connectivity index is 1.74. The third-order valence-corrected chi connectivity index (χ3v) is 8.07. The zero-order valence-corrected chi connectivity index (χ0v) is 15.9. The van der Waals surface area contributed by atoms with Crippen molar-refractivity contribution >= 4 is 42.8 Å². The van der Waals surface area contributed by atoms with Crippen LogP contribution in [0.1, 0.15) is 13.3 Å². The molecule has 3 heterocycles. The number of amides is 1. The lowest BCUT2D eigenvalue weighted by Gasteiger charge is -2.27. The maximum atomic E-state index is 12.9. The summed E-state index contributed by atoms with van der Waals surface area (Å²) in [6.45, 7) is 2.24. The van der Waals surface area contributed by atoms with E-state index in [0.717, 1.165) is 10.2 Å². The summed E-state index contributed by atoms with van der Waals surface area (Å²) in [5.74, 6) is -0.429. The van der Waals surface area contributed by atoms with Crippen LogP contribution in [-0.4, -0.2) is 60.6 Å². The summed E-state index contributed by atoms with van der Waals surface area (Å²) in [4.78, 5) is 19.2. The van der Waals surface area contributed by atoms with E-state index in [-0.39, 0.29) is 23.9 Å². The van der Waals surface area contributed by atoms with Gasteiger partial charge in [-0.05, 0) is 18.6 Å². The fourth-order valence-corrected chi connectivity index (χ4v) is 6.26. The minimum absolute atomic E-state index is 0.0484. The van der Waals surface area contributed by atoms with Gasteiger partial charge in [-0.15, -0.1) is 0 Å². The first-order chi connectivity index (χ1) is 11.8. The molecular weight excluding hydrogens is 360 g/mol. The average Bonchev–Trinajstić information content (AvgIpc) is 3.23. The molecule has 0 radical (unpaired) electrons. The Labute approximate surface area is 151 Å². The number of benzene rings is 1. The van der Waals surface area contributed by atoms with Crippen LogP contribution in [0.25, 0.3) is 10.2 Å². The maximum absolute atomic E-state index is 12.9. The lowest BCUT2D eigenvalue weighted by Crippen LogP contribution is -2.46. The lowest BCUT2D eigenvalue weighted by atomic mass is 10.0. The molecule has 3 atom stereocenters. The summed E-state index contributed by atoms with van der Waals surface area (Å²) in [6.07, 6.45) is 0.629. The molecule has 7 nitrogen and oxygen atoms in total. The number of nitrogens with zero attached hydrogens (tertiary/aromatic N) is 4. The molecule has 134 valence electrons. The summed E-state index contributed by atoms with van der Waals surface area (Å²) >= 11 is 1.48. The third kappa shape index (κ3) is 2.41. The van der Waals surface area contributed by atoms with Gasteiger partial charge in [-0.25, -0.2) is 4.98 Å². The van der Waals surface area contributed by atoms with Crippen LogP contribution in [0.15, 0.2) is 24.3 Å². The van der Waals surface area contributed by atoms with Crippen molar-refractivity contribution in [1.29, 1.82) is 0 Å². The van der Waals surface area contributed by atoms with E-state index in [1.165, 1.54) is 34.0 Å². The van der Waals surface area contributed by atoms with E-state index in [2.05, 4.69) is 4.98 Å². The SMILES string of the molecule is C[C@@H]1C(=O)N(c2nc3ccccc3s2)[C@H]2CCN(S(=O)(=O)N(C)C)[C@H]12. The van der Waals surface area contributed by atoms with E-state index < -0.39 is 10.2 Å². The predicted octanol–water partition coefficient (Wildman–Crippen LogP) is 1.53. The predicted molar refractivity (Wildman–Crippen MR) is 97.8 cm³/mol. The molecule has 0 unspecified atom stereocenters. The molecule has 0 spiro atoms. The van der Waals surface area contributed by atoms with Crippen LogP contribution < -0.4 is 4.90 Å². The largest absolute Gasteiger partial charge is 0.283 e. The quantitative estimate of drug-likeness (QED) is 0.809. The first-order valence-corrected chi connectivity index (χ1v) is 10.4. The molecule has 0 bridgehead atoms. The molecule has 0 N–H and O–H groups in total. The molecule has 9 heteroatoms. The third-order valence-electron chi connectivity index (χ3n) is 5.09. The highest BCUT2D eigenvalue weighted by Crippen LogP contribution is 2.42. The Kier molecular flexibility index (Phi) is 3.87. The second-order valence-corrected chi connectivity index (χ2v) is 9.81. The number of hydrogen-bond acceptors (Lipinski definition) is 5. The zero-order valence-electron chi connectivity index (χ0n) is 14.3. The minimum atomic E-state index is -3.55. The highest BCUT2D eigenvalue weighted by Gasteiger charge is 2.56. The van der Waals surface area contributed by atoms with Crippen molar-refractivity contribution in [1.82, 2.24) is 13.6 Å². The first kappa shape index (κ1) is 16.9. The Hall–Kier alpha value is -1.55. The van der Waals surface area contributed by atoms with Gasteiger partial charge in [0, 0.05) is 20.6 Å². The number of para-hydroxylation sites is 1. The zero-order chi connectivity index (χ0) is 17.9. The molecule has 0 saturated carbocycles. The maximum Gasteiger partial charge on any atom is 0.281 e. The average molecular weight is 380 g/mol. The molecule has 25 heavy (non-hydrogen) atoms. The summed E-state index contributed by atoms with van der Waals surface area (Å²) in [7, 11) is -0.500. The number of aromatic nitrogens is 1. The van der Waals surface area contributed by atoms with Crippen molar-refractivity contribution < 1.29 is 13.2 Å². The van der Waals surface area contributed by atoms with Gasteiger partial charge in [0.2, 0.25) is 5.91 Å². The Morgan fingerprint density at radius 1 is 1.28 bits per heavy atom. The van der Waals surface area contributed by atoms with Gasteiger partial charge in [0.25, 0.3) is 10.2 Å². The lowest BCUT2D eigenvalue weighted by molar-refractivity contribution is -0.120. The summed E-state index contributed by atoms with van der Waals surface area (Å²) < 4.78 is 29.0. The van der Waals surface area contributed by atoms with Crippen molar-refractivity contribution in [2.45, 2.75) is 25.4 Å². The number of hydrogen-bond donors (Lipinski definition) is 0. The second-order valence-electron chi connectivity index (χ2n) is 6.71.